The Balaban J connectivity index is 2.91. The van der Waals surface area contributed by atoms with E-state index in [2.05, 4.69) is 6.58 Å². The van der Waals surface area contributed by atoms with Crippen LogP contribution in [0, 0.1) is 0 Å². The number of nitrogens with zero attached hydrogens (tertiary/aromatic N) is 1. The van der Waals surface area contributed by atoms with Crippen LogP contribution in [0.5, 0.6) is 0 Å². The maximum Gasteiger partial charge on any atom is 0.254 e. The van der Waals surface area contributed by atoms with Crippen LogP contribution in [0.15, 0.2) is 23.4 Å². The summed E-state index contributed by atoms with van der Waals surface area (Å²) in [6, 6.07) is 0. The van der Waals surface area contributed by atoms with Gasteiger partial charge in [-0.3, -0.25) is 4.79 Å². The first-order chi connectivity index (χ1) is 6.13. The van der Waals surface area contributed by atoms with E-state index < -0.39 is 0 Å². The van der Waals surface area contributed by atoms with Gasteiger partial charge in [0, 0.05) is 24.4 Å². The van der Waals surface area contributed by atoms with E-state index in [-0.39, 0.29) is 5.91 Å². The summed E-state index contributed by atoms with van der Waals surface area (Å²) in [4.78, 5) is 13.3. The minimum Gasteiger partial charge on any atom is -0.329 e. The van der Waals surface area contributed by atoms with Crippen LogP contribution in [0.1, 0.15) is 20.3 Å². The molecule has 3 heteroatoms. The van der Waals surface area contributed by atoms with Gasteiger partial charge in [0.15, 0.2) is 0 Å². The van der Waals surface area contributed by atoms with Crippen molar-refractivity contribution >= 4 is 5.91 Å². The molecule has 0 aromatic carbocycles. The largest absolute Gasteiger partial charge is 0.329 e. The molecule has 0 aliphatic carbocycles. The van der Waals surface area contributed by atoms with Crippen LogP contribution in [-0.4, -0.2) is 23.9 Å². The molecule has 1 aliphatic rings. The van der Waals surface area contributed by atoms with Gasteiger partial charge in [-0.1, -0.05) is 13.5 Å². The van der Waals surface area contributed by atoms with Gasteiger partial charge < -0.3 is 10.6 Å². The lowest BCUT2D eigenvalue weighted by Gasteiger charge is -2.17. The fraction of sp³-hybridized carbons (Fsp3) is 0.500. The van der Waals surface area contributed by atoms with Crippen molar-refractivity contribution in [3.63, 3.8) is 0 Å². The molecule has 0 saturated heterocycles. The number of hydrogen-bond donors (Lipinski definition) is 1. The van der Waals surface area contributed by atoms with Crippen molar-refractivity contribution in [2.75, 3.05) is 13.1 Å². The molecule has 72 valence electrons. The summed E-state index contributed by atoms with van der Waals surface area (Å²) in [7, 11) is 0. The van der Waals surface area contributed by atoms with E-state index in [1.54, 1.807) is 4.90 Å². The lowest BCUT2D eigenvalue weighted by Crippen LogP contribution is -2.30. The van der Waals surface area contributed by atoms with Crippen molar-refractivity contribution in [1.82, 2.24) is 4.90 Å². The number of nitrogens with two attached hydrogens (primary N) is 1. The van der Waals surface area contributed by atoms with E-state index in [4.69, 9.17) is 5.73 Å². The Bertz CT molecular complexity index is 279. The van der Waals surface area contributed by atoms with E-state index in [1.807, 2.05) is 13.8 Å². The number of carbonyl (C=O) groups excluding carboxylic acids is 1. The average Bonchev–Trinajstić information content (AvgIpc) is 2.31. The molecule has 3 nitrogen and oxygen atoms in total. The zero-order valence-corrected chi connectivity index (χ0v) is 8.26. The van der Waals surface area contributed by atoms with E-state index >= 15 is 0 Å². The van der Waals surface area contributed by atoms with Gasteiger partial charge in [0.2, 0.25) is 0 Å². The molecule has 0 radical (unpaired) electrons. The first kappa shape index (κ1) is 9.99. The number of allylic oxidation sites excluding steroid dienone is 1. The molecular formula is C10H16N2O. The maximum atomic E-state index is 11.6. The Morgan fingerprint density at radius 1 is 1.54 bits per heavy atom. The summed E-state index contributed by atoms with van der Waals surface area (Å²) in [6.45, 7) is 8.83. The second-order valence-corrected chi connectivity index (χ2v) is 3.15. The smallest absolute Gasteiger partial charge is 0.254 e. The standard InChI is InChI=1S/C10H16N2O/c1-4-9-7(2)10(13)12(6-5-11)8(9)3/h3-6,11H2,1-2H3. The molecule has 1 rings (SSSR count). The normalized spacial score (nSPS) is 17.6. The van der Waals surface area contributed by atoms with Gasteiger partial charge in [-0.15, -0.1) is 0 Å². The Morgan fingerprint density at radius 2 is 2.15 bits per heavy atom. The lowest BCUT2D eigenvalue weighted by molar-refractivity contribution is -0.124. The molecule has 0 saturated carbocycles. The zero-order valence-electron chi connectivity index (χ0n) is 8.26. The van der Waals surface area contributed by atoms with Crippen LogP contribution < -0.4 is 5.73 Å². The molecule has 1 heterocycles. The first-order valence-corrected chi connectivity index (χ1v) is 4.54. The second-order valence-electron chi connectivity index (χ2n) is 3.15. The zero-order chi connectivity index (χ0) is 10.0. The third-order valence-electron chi connectivity index (χ3n) is 2.40. The number of hydrogen-bond acceptors (Lipinski definition) is 2. The molecule has 0 atom stereocenters. The Kier molecular flexibility index (Phi) is 2.88. The predicted molar refractivity (Wildman–Crippen MR) is 52.9 cm³/mol. The van der Waals surface area contributed by atoms with Gasteiger partial charge in [-0.25, -0.2) is 0 Å². The number of amides is 1. The fourth-order valence-electron chi connectivity index (χ4n) is 1.67. The summed E-state index contributed by atoms with van der Waals surface area (Å²) in [6.07, 6.45) is 0.859. The highest BCUT2D eigenvalue weighted by Crippen LogP contribution is 2.29. The van der Waals surface area contributed by atoms with Crippen LogP contribution >= 0.6 is 0 Å². The highest BCUT2D eigenvalue weighted by molar-refractivity contribution is 5.99. The molecule has 0 aromatic heterocycles. The summed E-state index contributed by atoms with van der Waals surface area (Å²) in [5.74, 6) is 0.0623. The Labute approximate surface area is 78.9 Å². The van der Waals surface area contributed by atoms with Gasteiger partial charge in [0.1, 0.15) is 0 Å². The first-order valence-electron chi connectivity index (χ1n) is 4.54. The molecule has 0 spiro atoms. The van der Waals surface area contributed by atoms with E-state index in [0.29, 0.717) is 13.1 Å². The van der Waals surface area contributed by atoms with Gasteiger partial charge >= 0.3 is 0 Å². The molecular weight excluding hydrogens is 164 g/mol. The predicted octanol–water partition coefficient (Wildman–Crippen LogP) is 1.03. The third kappa shape index (κ3) is 1.52. The summed E-state index contributed by atoms with van der Waals surface area (Å²) < 4.78 is 0. The van der Waals surface area contributed by atoms with E-state index in [1.165, 1.54) is 0 Å². The van der Waals surface area contributed by atoms with Crippen molar-refractivity contribution in [2.24, 2.45) is 5.73 Å². The van der Waals surface area contributed by atoms with Crippen LogP contribution in [0.4, 0.5) is 0 Å². The summed E-state index contributed by atoms with van der Waals surface area (Å²) in [5, 5.41) is 0. The quantitative estimate of drug-likeness (QED) is 0.705. The number of carbonyl (C=O) groups is 1. The molecule has 0 unspecified atom stereocenters. The Morgan fingerprint density at radius 3 is 2.54 bits per heavy atom. The van der Waals surface area contributed by atoms with Gasteiger partial charge in [-0.05, 0) is 18.9 Å². The minimum absolute atomic E-state index is 0.0623. The van der Waals surface area contributed by atoms with Crippen molar-refractivity contribution in [1.29, 1.82) is 0 Å². The maximum absolute atomic E-state index is 11.6. The van der Waals surface area contributed by atoms with Crippen molar-refractivity contribution < 1.29 is 4.79 Å². The Hall–Kier alpha value is -1.09. The second kappa shape index (κ2) is 3.75. The van der Waals surface area contributed by atoms with Crippen LogP contribution in [0.3, 0.4) is 0 Å². The topological polar surface area (TPSA) is 46.3 Å². The van der Waals surface area contributed by atoms with E-state index in [9.17, 15) is 4.79 Å². The fourth-order valence-corrected chi connectivity index (χ4v) is 1.67. The lowest BCUT2D eigenvalue weighted by atomic mass is 10.1. The molecule has 1 amide bonds. The van der Waals surface area contributed by atoms with Crippen LogP contribution in [0.25, 0.3) is 0 Å². The van der Waals surface area contributed by atoms with Crippen molar-refractivity contribution in [3.05, 3.63) is 23.4 Å². The van der Waals surface area contributed by atoms with Crippen LogP contribution in [0.2, 0.25) is 0 Å². The van der Waals surface area contributed by atoms with Crippen molar-refractivity contribution in [3.8, 4) is 0 Å². The molecule has 0 aromatic rings. The van der Waals surface area contributed by atoms with Gasteiger partial charge in [0.25, 0.3) is 5.91 Å². The highest BCUT2D eigenvalue weighted by atomic mass is 16.2. The van der Waals surface area contributed by atoms with Crippen molar-refractivity contribution in [2.45, 2.75) is 20.3 Å². The van der Waals surface area contributed by atoms with Gasteiger partial charge in [-0.2, -0.15) is 0 Å². The summed E-state index contributed by atoms with van der Waals surface area (Å²) in [5.41, 5.74) is 8.13. The molecule has 1 aliphatic heterocycles. The monoisotopic (exact) mass is 180 g/mol. The van der Waals surface area contributed by atoms with Gasteiger partial charge in [0.05, 0.1) is 0 Å². The summed E-state index contributed by atoms with van der Waals surface area (Å²) >= 11 is 0. The molecule has 13 heavy (non-hydrogen) atoms. The van der Waals surface area contributed by atoms with Crippen LogP contribution in [-0.2, 0) is 4.79 Å². The highest BCUT2D eigenvalue weighted by Gasteiger charge is 2.28. The average molecular weight is 180 g/mol. The molecule has 2 N–H and O–H groups in total. The molecule has 0 fully saturated rings. The minimum atomic E-state index is 0.0623. The number of rotatable bonds is 3. The SMILES string of the molecule is C=C1C(CC)=C(C)C(=O)N1CCN. The molecule has 0 bridgehead atoms. The van der Waals surface area contributed by atoms with E-state index in [0.717, 1.165) is 23.3 Å². The third-order valence-corrected chi connectivity index (χ3v) is 2.40.